The molecule has 1 atom stereocenters. The lowest BCUT2D eigenvalue weighted by molar-refractivity contribution is -0.0445. The van der Waals surface area contributed by atoms with Crippen LogP contribution in [0.2, 0.25) is 0 Å². The molecule has 1 fully saturated rings. The molecule has 5 nitrogen and oxygen atoms in total. The monoisotopic (exact) mass is 405 g/mol. The number of rotatable bonds is 2. The van der Waals surface area contributed by atoms with E-state index in [1.165, 1.54) is 0 Å². The van der Waals surface area contributed by atoms with Crippen molar-refractivity contribution in [3.63, 3.8) is 0 Å². The highest BCUT2D eigenvalue weighted by Gasteiger charge is 2.28. The minimum Gasteiger partial charge on any atom is -0.368 e. The summed E-state index contributed by atoms with van der Waals surface area (Å²) in [6.45, 7) is 12.9. The van der Waals surface area contributed by atoms with E-state index in [1.54, 1.807) is 0 Å². The van der Waals surface area contributed by atoms with E-state index >= 15 is 0 Å². The quantitative estimate of drug-likeness (QED) is 0.769. The smallest absolute Gasteiger partial charge is 0.264 e. The molecule has 21 heavy (non-hydrogen) atoms. The summed E-state index contributed by atoms with van der Waals surface area (Å²) in [7, 11) is 0. The van der Waals surface area contributed by atoms with Crippen molar-refractivity contribution in [3.8, 4) is 0 Å². The van der Waals surface area contributed by atoms with Crippen LogP contribution in [-0.4, -0.2) is 40.6 Å². The number of nitrogens with zero attached hydrogens (tertiary/aromatic N) is 2. The Morgan fingerprint density at radius 1 is 1.43 bits per heavy atom. The van der Waals surface area contributed by atoms with Gasteiger partial charge in [0.15, 0.2) is 0 Å². The van der Waals surface area contributed by atoms with Crippen LogP contribution < -0.4 is 5.56 Å². The number of ether oxygens (including phenoxy) is 1. The van der Waals surface area contributed by atoms with Crippen molar-refractivity contribution in [2.75, 3.05) is 19.7 Å². The minimum atomic E-state index is -0.161. The third kappa shape index (κ3) is 3.84. The molecule has 0 amide bonds. The van der Waals surface area contributed by atoms with Gasteiger partial charge in [0.1, 0.15) is 15.5 Å². The topological polar surface area (TPSA) is 58.2 Å². The average Bonchev–Trinajstić information content (AvgIpc) is 2.40. The van der Waals surface area contributed by atoms with Crippen LogP contribution in [0, 0.1) is 3.57 Å². The van der Waals surface area contributed by atoms with Crippen LogP contribution in [-0.2, 0) is 10.2 Å². The van der Waals surface area contributed by atoms with E-state index in [-0.39, 0.29) is 17.1 Å². The molecule has 0 aliphatic carbocycles. The Balaban J connectivity index is 2.36. The Morgan fingerprint density at radius 2 is 2.10 bits per heavy atom. The summed E-state index contributed by atoms with van der Waals surface area (Å²) in [4.78, 5) is 22.1. The van der Waals surface area contributed by atoms with Crippen LogP contribution in [0.15, 0.2) is 4.79 Å². The first-order valence-corrected chi connectivity index (χ1v) is 8.44. The van der Waals surface area contributed by atoms with Crippen molar-refractivity contribution >= 4 is 22.6 Å². The number of H-pyrrole nitrogens is 1. The number of halogens is 1. The second kappa shape index (κ2) is 6.34. The Labute approximate surface area is 139 Å². The van der Waals surface area contributed by atoms with Gasteiger partial charge in [-0.2, -0.15) is 0 Å². The van der Waals surface area contributed by atoms with Gasteiger partial charge in [-0.05, 0) is 36.4 Å². The molecule has 1 aliphatic heterocycles. The Hall–Kier alpha value is -0.470. The molecule has 1 aliphatic rings. The number of aromatic amines is 1. The molecule has 0 saturated carbocycles. The van der Waals surface area contributed by atoms with E-state index < -0.39 is 0 Å². The molecule has 1 unspecified atom stereocenters. The fourth-order valence-corrected chi connectivity index (χ4v) is 3.49. The maximum Gasteiger partial charge on any atom is 0.264 e. The van der Waals surface area contributed by atoms with Gasteiger partial charge in [0.2, 0.25) is 0 Å². The lowest BCUT2D eigenvalue weighted by atomic mass is 9.92. The predicted octanol–water partition coefficient (Wildman–Crippen LogP) is 2.45. The molecule has 0 radical (unpaired) electrons. The molecule has 6 heteroatoms. The molecule has 0 aromatic carbocycles. The lowest BCUT2D eigenvalue weighted by Crippen LogP contribution is -2.43. The molecule has 1 saturated heterocycles. The molecule has 0 bridgehead atoms. The van der Waals surface area contributed by atoms with Gasteiger partial charge in [0.05, 0.1) is 12.3 Å². The summed E-state index contributed by atoms with van der Waals surface area (Å²) in [6, 6.07) is 0.467. The molecule has 0 spiro atoms. The second-order valence-electron chi connectivity index (χ2n) is 6.81. The van der Waals surface area contributed by atoms with Gasteiger partial charge in [-0.15, -0.1) is 0 Å². The third-order valence-corrected chi connectivity index (χ3v) is 4.73. The fraction of sp³-hybridized carbons (Fsp3) is 0.733. The predicted molar refractivity (Wildman–Crippen MR) is 91.7 cm³/mol. The van der Waals surface area contributed by atoms with Gasteiger partial charge < -0.3 is 9.72 Å². The van der Waals surface area contributed by atoms with E-state index in [4.69, 9.17) is 9.72 Å². The van der Waals surface area contributed by atoms with Gasteiger partial charge in [-0.1, -0.05) is 20.8 Å². The summed E-state index contributed by atoms with van der Waals surface area (Å²) in [5, 5.41) is 0. The maximum atomic E-state index is 12.2. The van der Waals surface area contributed by atoms with Gasteiger partial charge in [-0.3, -0.25) is 9.69 Å². The van der Waals surface area contributed by atoms with E-state index in [0.717, 1.165) is 18.8 Å². The van der Waals surface area contributed by atoms with E-state index in [1.807, 2.05) is 0 Å². The van der Waals surface area contributed by atoms with Crippen molar-refractivity contribution in [1.82, 2.24) is 14.9 Å². The molecule has 2 rings (SSSR count). The number of hydrogen-bond acceptors (Lipinski definition) is 4. The van der Waals surface area contributed by atoms with Crippen molar-refractivity contribution in [2.45, 2.75) is 52.2 Å². The Bertz CT molecular complexity index is 563. The average molecular weight is 405 g/mol. The first-order chi connectivity index (χ1) is 9.70. The second-order valence-corrected chi connectivity index (χ2v) is 7.89. The maximum absolute atomic E-state index is 12.2. The Kier molecular flexibility index (Phi) is 5.10. The fourth-order valence-electron chi connectivity index (χ4n) is 2.43. The minimum absolute atomic E-state index is 0.0733. The highest BCUT2D eigenvalue weighted by molar-refractivity contribution is 14.1. The van der Waals surface area contributed by atoms with Gasteiger partial charge >= 0.3 is 0 Å². The van der Waals surface area contributed by atoms with Crippen LogP contribution in [0.5, 0.6) is 0 Å². The molecule has 1 aromatic heterocycles. The molecular formula is C15H24IN3O2. The van der Waals surface area contributed by atoms with E-state index in [9.17, 15) is 4.79 Å². The molecule has 2 heterocycles. The van der Waals surface area contributed by atoms with Gasteiger partial charge in [-0.25, -0.2) is 4.98 Å². The normalized spacial score (nSPS) is 21.0. The summed E-state index contributed by atoms with van der Waals surface area (Å²) < 4.78 is 6.50. The lowest BCUT2D eigenvalue weighted by Gasteiger charge is -2.35. The van der Waals surface area contributed by atoms with E-state index in [2.05, 4.69) is 67.1 Å². The zero-order chi connectivity index (χ0) is 15.8. The first kappa shape index (κ1) is 16.9. The van der Waals surface area contributed by atoms with Crippen molar-refractivity contribution in [3.05, 3.63) is 25.4 Å². The van der Waals surface area contributed by atoms with Crippen LogP contribution in [0.4, 0.5) is 0 Å². The van der Waals surface area contributed by atoms with Crippen LogP contribution in [0.1, 0.15) is 52.2 Å². The summed E-state index contributed by atoms with van der Waals surface area (Å²) in [6.07, 6.45) is -0.160. The SMILES string of the molecule is CC(C)N1CCOC(c2nc(C(C)(C)C)c(I)c(=O)[nH]2)C1. The summed E-state index contributed by atoms with van der Waals surface area (Å²) in [5.41, 5.74) is 0.606. The van der Waals surface area contributed by atoms with Crippen molar-refractivity contribution in [1.29, 1.82) is 0 Å². The van der Waals surface area contributed by atoms with Gasteiger partial charge in [0.25, 0.3) is 5.56 Å². The van der Waals surface area contributed by atoms with Crippen molar-refractivity contribution in [2.24, 2.45) is 0 Å². The first-order valence-electron chi connectivity index (χ1n) is 7.36. The zero-order valence-corrected chi connectivity index (χ0v) is 15.5. The van der Waals surface area contributed by atoms with E-state index in [0.29, 0.717) is 22.0 Å². The number of hydrogen-bond donors (Lipinski definition) is 1. The summed E-state index contributed by atoms with van der Waals surface area (Å²) in [5.74, 6) is 0.649. The van der Waals surface area contributed by atoms with Gasteiger partial charge in [0, 0.05) is 24.5 Å². The molecule has 1 aromatic rings. The van der Waals surface area contributed by atoms with Crippen LogP contribution in [0.25, 0.3) is 0 Å². The number of aromatic nitrogens is 2. The third-order valence-electron chi connectivity index (χ3n) is 3.72. The number of morpholine rings is 1. The van der Waals surface area contributed by atoms with Crippen LogP contribution in [0.3, 0.4) is 0 Å². The molecule has 1 N–H and O–H groups in total. The van der Waals surface area contributed by atoms with Crippen LogP contribution >= 0.6 is 22.6 Å². The summed E-state index contributed by atoms with van der Waals surface area (Å²) >= 11 is 2.07. The number of nitrogens with one attached hydrogen (secondary N) is 1. The zero-order valence-electron chi connectivity index (χ0n) is 13.4. The molecular weight excluding hydrogens is 381 g/mol. The highest BCUT2D eigenvalue weighted by Crippen LogP contribution is 2.26. The highest BCUT2D eigenvalue weighted by atomic mass is 127. The standard InChI is InChI=1S/C15H24IN3O2/c1-9(2)19-6-7-21-10(8-19)13-17-12(15(3,4)5)11(16)14(20)18-13/h9-10H,6-8H2,1-5H3,(H,17,18,20). The molecule has 118 valence electrons. The largest absolute Gasteiger partial charge is 0.368 e. The van der Waals surface area contributed by atoms with Crippen molar-refractivity contribution < 1.29 is 4.74 Å². The Morgan fingerprint density at radius 3 is 2.67 bits per heavy atom.